The van der Waals surface area contributed by atoms with Gasteiger partial charge in [-0.3, -0.25) is 4.79 Å². The van der Waals surface area contributed by atoms with Crippen LogP contribution in [0.15, 0.2) is 12.3 Å². The van der Waals surface area contributed by atoms with Crippen LogP contribution in [0.25, 0.3) is 0 Å². The molecule has 0 saturated heterocycles. The van der Waals surface area contributed by atoms with Gasteiger partial charge < -0.3 is 5.32 Å². The molecule has 1 rings (SSSR count). The van der Waals surface area contributed by atoms with Gasteiger partial charge in [0.15, 0.2) is 0 Å². The van der Waals surface area contributed by atoms with Gasteiger partial charge in [-0.15, -0.1) is 0 Å². The molecular formula is C12H16N4O. The van der Waals surface area contributed by atoms with E-state index in [1.54, 1.807) is 19.2 Å². The Bertz CT molecular complexity index is 436. The maximum atomic E-state index is 11.7. The second-order valence-corrected chi connectivity index (χ2v) is 4.16. The van der Waals surface area contributed by atoms with Gasteiger partial charge in [-0.2, -0.15) is 5.26 Å². The molecular weight excluding hydrogens is 216 g/mol. The Labute approximate surface area is 101 Å². The van der Waals surface area contributed by atoms with E-state index in [1.165, 1.54) is 0 Å². The van der Waals surface area contributed by atoms with Crippen molar-refractivity contribution in [3.05, 3.63) is 23.8 Å². The summed E-state index contributed by atoms with van der Waals surface area (Å²) in [5.41, 5.74) is 0.742. The highest BCUT2D eigenvalue weighted by molar-refractivity contribution is 5.81. The van der Waals surface area contributed by atoms with Gasteiger partial charge in [0, 0.05) is 6.20 Å². The summed E-state index contributed by atoms with van der Waals surface area (Å²) in [5.74, 6) is -0.193. The van der Waals surface area contributed by atoms with E-state index in [-0.39, 0.29) is 11.8 Å². The fourth-order valence-electron chi connectivity index (χ4n) is 1.40. The number of aryl methyl sites for hydroxylation is 1. The number of nitrogens with zero attached hydrogens (tertiary/aromatic N) is 3. The molecule has 0 bridgehead atoms. The summed E-state index contributed by atoms with van der Waals surface area (Å²) in [6.07, 6.45) is 1.65. The van der Waals surface area contributed by atoms with Gasteiger partial charge >= 0.3 is 0 Å². The molecule has 17 heavy (non-hydrogen) atoms. The zero-order valence-electron chi connectivity index (χ0n) is 10.3. The molecule has 5 nitrogen and oxygen atoms in total. The topological polar surface area (TPSA) is 78.7 Å². The molecule has 90 valence electrons. The number of carbonyl (C=O) groups is 1. The normalized spacial score (nSPS) is 11.9. The van der Waals surface area contributed by atoms with Crippen LogP contribution in [-0.2, 0) is 11.3 Å². The zero-order chi connectivity index (χ0) is 12.8. The highest BCUT2D eigenvalue weighted by Gasteiger charge is 2.21. The summed E-state index contributed by atoms with van der Waals surface area (Å²) < 4.78 is 0. The molecule has 0 spiro atoms. The second-order valence-electron chi connectivity index (χ2n) is 4.16. The van der Waals surface area contributed by atoms with Crippen molar-refractivity contribution in [1.82, 2.24) is 15.3 Å². The van der Waals surface area contributed by atoms with Crippen LogP contribution >= 0.6 is 0 Å². The van der Waals surface area contributed by atoms with Crippen molar-refractivity contribution in [3.8, 4) is 6.07 Å². The Morgan fingerprint density at radius 1 is 1.59 bits per heavy atom. The molecule has 0 aromatic carbocycles. The predicted octanol–water partition coefficient (Wildman–Crippen LogP) is 1.20. The summed E-state index contributed by atoms with van der Waals surface area (Å²) in [4.78, 5) is 19.8. The Morgan fingerprint density at radius 3 is 2.82 bits per heavy atom. The maximum absolute atomic E-state index is 11.7. The third kappa shape index (κ3) is 3.83. The summed E-state index contributed by atoms with van der Waals surface area (Å²) >= 11 is 0. The molecule has 1 atom stereocenters. The van der Waals surface area contributed by atoms with Gasteiger partial charge in [-0.25, -0.2) is 9.97 Å². The van der Waals surface area contributed by atoms with E-state index in [4.69, 9.17) is 5.26 Å². The van der Waals surface area contributed by atoms with Crippen LogP contribution < -0.4 is 5.32 Å². The maximum Gasteiger partial charge on any atom is 0.237 e. The van der Waals surface area contributed by atoms with Gasteiger partial charge in [-0.05, 0) is 18.9 Å². The smallest absolute Gasteiger partial charge is 0.237 e. The summed E-state index contributed by atoms with van der Waals surface area (Å²) in [5, 5.41) is 11.6. The molecule has 0 aliphatic rings. The monoisotopic (exact) mass is 232 g/mol. The number of hydrogen-bond acceptors (Lipinski definition) is 4. The lowest BCUT2D eigenvalue weighted by Crippen LogP contribution is -2.32. The first-order valence-electron chi connectivity index (χ1n) is 5.50. The summed E-state index contributed by atoms with van der Waals surface area (Å²) in [7, 11) is 0. The fraction of sp³-hybridized carbons (Fsp3) is 0.500. The van der Waals surface area contributed by atoms with Crippen LogP contribution in [-0.4, -0.2) is 15.9 Å². The van der Waals surface area contributed by atoms with Crippen molar-refractivity contribution >= 4 is 5.91 Å². The van der Waals surface area contributed by atoms with E-state index in [2.05, 4.69) is 15.3 Å². The number of nitriles is 1. The number of nitrogens with one attached hydrogen (secondary N) is 1. The number of carbonyl (C=O) groups excluding carboxylic acids is 1. The Hall–Kier alpha value is -1.96. The van der Waals surface area contributed by atoms with E-state index < -0.39 is 5.92 Å². The van der Waals surface area contributed by atoms with Gasteiger partial charge in [0.1, 0.15) is 11.7 Å². The van der Waals surface area contributed by atoms with E-state index in [1.807, 2.05) is 19.9 Å². The largest absolute Gasteiger partial charge is 0.349 e. The van der Waals surface area contributed by atoms with E-state index in [0.717, 1.165) is 5.69 Å². The predicted molar refractivity (Wildman–Crippen MR) is 62.6 cm³/mol. The number of amides is 1. The van der Waals surface area contributed by atoms with Gasteiger partial charge in [0.25, 0.3) is 0 Å². The molecule has 0 fully saturated rings. The molecule has 1 N–H and O–H groups in total. The average molecular weight is 232 g/mol. The summed E-state index contributed by atoms with van der Waals surface area (Å²) in [6, 6.07) is 3.74. The Balaban J connectivity index is 2.57. The first-order valence-corrected chi connectivity index (χ1v) is 5.50. The molecule has 1 amide bonds. The highest BCUT2D eigenvalue weighted by atomic mass is 16.1. The van der Waals surface area contributed by atoms with Crippen molar-refractivity contribution in [2.24, 2.45) is 11.8 Å². The van der Waals surface area contributed by atoms with Crippen LogP contribution in [0.4, 0.5) is 0 Å². The van der Waals surface area contributed by atoms with E-state index in [0.29, 0.717) is 12.4 Å². The first kappa shape index (κ1) is 13.1. The van der Waals surface area contributed by atoms with E-state index >= 15 is 0 Å². The lowest BCUT2D eigenvalue weighted by atomic mass is 9.97. The zero-order valence-corrected chi connectivity index (χ0v) is 10.3. The minimum Gasteiger partial charge on any atom is -0.349 e. The Kier molecular flexibility index (Phi) is 4.58. The molecule has 1 heterocycles. The van der Waals surface area contributed by atoms with Crippen LogP contribution in [0, 0.1) is 30.1 Å². The average Bonchev–Trinajstić information content (AvgIpc) is 2.27. The van der Waals surface area contributed by atoms with Crippen molar-refractivity contribution in [1.29, 1.82) is 5.26 Å². The Morgan fingerprint density at radius 2 is 2.29 bits per heavy atom. The number of hydrogen-bond donors (Lipinski definition) is 1. The molecule has 1 unspecified atom stereocenters. The van der Waals surface area contributed by atoms with Crippen molar-refractivity contribution in [3.63, 3.8) is 0 Å². The van der Waals surface area contributed by atoms with Gasteiger partial charge in [0.05, 0.1) is 18.3 Å². The van der Waals surface area contributed by atoms with Crippen LogP contribution in [0.5, 0.6) is 0 Å². The van der Waals surface area contributed by atoms with Crippen LogP contribution in [0.3, 0.4) is 0 Å². The third-order valence-corrected chi connectivity index (χ3v) is 2.37. The van der Waals surface area contributed by atoms with Crippen LogP contribution in [0.2, 0.25) is 0 Å². The van der Waals surface area contributed by atoms with Gasteiger partial charge in [-0.1, -0.05) is 13.8 Å². The fourth-order valence-corrected chi connectivity index (χ4v) is 1.40. The van der Waals surface area contributed by atoms with Crippen molar-refractivity contribution in [2.45, 2.75) is 27.3 Å². The van der Waals surface area contributed by atoms with Crippen molar-refractivity contribution < 1.29 is 4.79 Å². The molecule has 5 heteroatoms. The first-order chi connectivity index (χ1) is 8.04. The van der Waals surface area contributed by atoms with E-state index in [9.17, 15) is 4.79 Å². The molecule has 1 aromatic rings. The quantitative estimate of drug-likeness (QED) is 0.845. The van der Waals surface area contributed by atoms with Crippen LogP contribution in [0.1, 0.15) is 25.4 Å². The second kappa shape index (κ2) is 5.94. The molecule has 1 aromatic heterocycles. The third-order valence-electron chi connectivity index (χ3n) is 2.37. The van der Waals surface area contributed by atoms with Crippen molar-refractivity contribution in [2.75, 3.05) is 0 Å². The number of aromatic nitrogens is 2. The molecule has 0 aliphatic heterocycles. The lowest BCUT2D eigenvalue weighted by Gasteiger charge is -2.12. The highest BCUT2D eigenvalue weighted by Crippen LogP contribution is 2.09. The minimum absolute atomic E-state index is 0.00661. The number of rotatable bonds is 4. The standard InChI is InChI=1S/C12H16N4O/c1-8(2)11(6-13)12(17)15-7-10-4-5-14-9(3)16-10/h4-5,8,11H,7H2,1-3H3,(H,15,17). The lowest BCUT2D eigenvalue weighted by molar-refractivity contribution is -0.124. The molecule has 0 radical (unpaired) electrons. The van der Waals surface area contributed by atoms with Gasteiger partial charge in [0.2, 0.25) is 5.91 Å². The minimum atomic E-state index is -0.613. The SMILES string of the molecule is Cc1nccc(CNC(=O)C(C#N)C(C)C)n1. The molecule has 0 saturated carbocycles. The molecule has 0 aliphatic carbocycles. The summed E-state index contributed by atoms with van der Waals surface area (Å²) in [6.45, 7) is 5.81.